The van der Waals surface area contributed by atoms with Gasteiger partial charge in [0, 0.05) is 46.8 Å². The number of hydrogen-bond acceptors (Lipinski definition) is 4. The van der Waals surface area contributed by atoms with Gasteiger partial charge in [0.05, 0.1) is 13.2 Å². The van der Waals surface area contributed by atoms with Crippen molar-refractivity contribution in [2.75, 3.05) is 73.1 Å². The van der Waals surface area contributed by atoms with Gasteiger partial charge in [0.2, 0.25) is 5.91 Å². The van der Waals surface area contributed by atoms with Crippen LogP contribution in [0.15, 0.2) is 4.99 Å². The largest absolute Gasteiger partial charge is 0.379 e. The average Bonchev–Trinajstić information content (AvgIpc) is 2.62. The number of guanidine groups is 1. The Labute approximate surface area is 169 Å². The first-order valence-electron chi connectivity index (χ1n) is 9.20. The van der Waals surface area contributed by atoms with Crippen molar-refractivity contribution >= 4 is 35.8 Å². The van der Waals surface area contributed by atoms with Gasteiger partial charge in [0.1, 0.15) is 6.54 Å². The number of amides is 1. The van der Waals surface area contributed by atoms with Crippen molar-refractivity contribution in [3.8, 4) is 0 Å². The van der Waals surface area contributed by atoms with E-state index in [4.69, 9.17) is 4.74 Å². The lowest BCUT2D eigenvalue weighted by molar-refractivity contribution is -0.127. The maximum atomic E-state index is 11.8. The molecule has 2 aliphatic rings. The summed E-state index contributed by atoms with van der Waals surface area (Å²) in [7, 11) is 3.54. The smallest absolute Gasteiger partial charge is 0.243 e. The van der Waals surface area contributed by atoms with Crippen molar-refractivity contribution in [3.63, 3.8) is 0 Å². The van der Waals surface area contributed by atoms with Gasteiger partial charge in [-0.25, -0.2) is 4.99 Å². The number of morpholine rings is 1. The zero-order valence-corrected chi connectivity index (χ0v) is 18.0. The van der Waals surface area contributed by atoms with Crippen molar-refractivity contribution in [2.24, 2.45) is 4.99 Å². The second-order valence-electron chi connectivity index (χ2n) is 6.71. The van der Waals surface area contributed by atoms with E-state index < -0.39 is 0 Å². The molecule has 0 aromatic carbocycles. The Bertz CT molecular complexity index is 408. The summed E-state index contributed by atoms with van der Waals surface area (Å²) < 4.78 is 5.38. The van der Waals surface area contributed by atoms with Gasteiger partial charge in [-0.2, -0.15) is 0 Å². The van der Waals surface area contributed by atoms with Crippen LogP contribution in [0.5, 0.6) is 0 Å². The molecule has 2 aliphatic heterocycles. The van der Waals surface area contributed by atoms with Crippen molar-refractivity contribution in [2.45, 2.75) is 25.7 Å². The average molecular weight is 467 g/mol. The fraction of sp³-hybridized carbons (Fsp3) is 0.882. The van der Waals surface area contributed by atoms with Crippen molar-refractivity contribution in [3.05, 3.63) is 0 Å². The highest BCUT2D eigenvalue weighted by Crippen LogP contribution is 2.09. The van der Waals surface area contributed by atoms with Gasteiger partial charge < -0.3 is 19.9 Å². The van der Waals surface area contributed by atoms with E-state index in [1.807, 2.05) is 0 Å². The Morgan fingerprint density at radius 3 is 2.44 bits per heavy atom. The number of rotatable bonds is 6. The van der Waals surface area contributed by atoms with Gasteiger partial charge in [-0.1, -0.05) is 0 Å². The number of carbonyl (C=O) groups excluding carboxylic acids is 1. The van der Waals surface area contributed by atoms with E-state index in [1.165, 1.54) is 19.3 Å². The molecule has 8 heteroatoms. The summed E-state index contributed by atoms with van der Waals surface area (Å²) in [4.78, 5) is 22.7. The number of likely N-dealkylation sites (N-methyl/N-ethyl adjacent to an activating group) is 1. The molecule has 0 radical (unpaired) electrons. The predicted molar refractivity (Wildman–Crippen MR) is 112 cm³/mol. The van der Waals surface area contributed by atoms with Gasteiger partial charge in [-0.05, 0) is 32.2 Å². The van der Waals surface area contributed by atoms with Crippen LogP contribution >= 0.6 is 24.0 Å². The van der Waals surface area contributed by atoms with Crippen molar-refractivity contribution < 1.29 is 9.53 Å². The molecule has 0 spiro atoms. The molecule has 2 rings (SSSR count). The molecule has 2 fully saturated rings. The normalized spacial score (nSPS) is 19.3. The number of piperidine rings is 1. The van der Waals surface area contributed by atoms with Crippen LogP contribution in [0.3, 0.4) is 0 Å². The first-order chi connectivity index (χ1) is 11.7. The van der Waals surface area contributed by atoms with E-state index >= 15 is 0 Å². The second-order valence-corrected chi connectivity index (χ2v) is 6.71. The van der Waals surface area contributed by atoms with Crippen LogP contribution < -0.4 is 5.32 Å². The van der Waals surface area contributed by atoms with Crippen LogP contribution in [-0.2, 0) is 9.53 Å². The van der Waals surface area contributed by atoms with Crippen molar-refractivity contribution in [1.82, 2.24) is 20.0 Å². The summed E-state index contributed by atoms with van der Waals surface area (Å²) in [6, 6.07) is 0. The highest BCUT2D eigenvalue weighted by atomic mass is 127. The summed E-state index contributed by atoms with van der Waals surface area (Å²) in [5, 5.41) is 3.47. The summed E-state index contributed by atoms with van der Waals surface area (Å²) in [6.07, 6.45) is 4.78. The fourth-order valence-electron chi connectivity index (χ4n) is 2.98. The van der Waals surface area contributed by atoms with E-state index in [0.717, 1.165) is 64.9 Å². The van der Waals surface area contributed by atoms with Gasteiger partial charge in [-0.3, -0.25) is 9.69 Å². The first-order valence-corrected chi connectivity index (χ1v) is 9.20. The van der Waals surface area contributed by atoms with E-state index in [2.05, 4.69) is 20.1 Å². The quantitative estimate of drug-likeness (QED) is 0.272. The Hall–Kier alpha value is -0.610. The number of aliphatic imine (C=N–C) groups is 1. The Morgan fingerprint density at radius 2 is 1.80 bits per heavy atom. The number of ether oxygens (including phenoxy) is 1. The lowest BCUT2D eigenvalue weighted by Gasteiger charge is -2.31. The van der Waals surface area contributed by atoms with Gasteiger partial charge in [0.25, 0.3) is 0 Å². The molecule has 0 bridgehead atoms. The lowest BCUT2D eigenvalue weighted by Crippen LogP contribution is -2.45. The molecule has 0 atom stereocenters. The molecular weight excluding hydrogens is 433 g/mol. The molecule has 146 valence electrons. The fourth-order valence-corrected chi connectivity index (χ4v) is 2.98. The maximum Gasteiger partial charge on any atom is 0.243 e. The van der Waals surface area contributed by atoms with Crippen LogP contribution in [0.4, 0.5) is 0 Å². The standard InChI is InChI=1S/C17H33N5O2.HI/c1-20(2)16(23)15-19-17(22-9-4-3-5-10-22)18-7-6-8-21-11-13-24-14-12-21;/h3-15H2,1-2H3,(H,18,19);1H. The molecule has 7 nitrogen and oxygen atoms in total. The number of hydrogen-bond donors (Lipinski definition) is 1. The summed E-state index contributed by atoms with van der Waals surface area (Å²) >= 11 is 0. The minimum atomic E-state index is 0. The Balaban J connectivity index is 0.00000312. The van der Waals surface area contributed by atoms with Crippen molar-refractivity contribution in [1.29, 1.82) is 0 Å². The monoisotopic (exact) mass is 467 g/mol. The summed E-state index contributed by atoms with van der Waals surface area (Å²) in [6.45, 7) is 8.02. The zero-order chi connectivity index (χ0) is 17.2. The third-order valence-corrected chi connectivity index (χ3v) is 4.56. The molecule has 1 N–H and O–H groups in total. The zero-order valence-electron chi connectivity index (χ0n) is 15.7. The molecule has 0 saturated carbocycles. The number of likely N-dealkylation sites (tertiary alicyclic amines) is 1. The maximum absolute atomic E-state index is 11.8. The molecule has 2 saturated heterocycles. The molecular formula is C17H34IN5O2. The molecule has 1 amide bonds. The molecule has 0 aromatic rings. The van der Waals surface area contributed by atoms with Crippen LogP contribution in [0, 0.1) is 0 Å². The molecule has 0 unspecified atom stereocenters. The van der Waals surface area contributed by atoms with E-state index in [1.54, 1.807) is 19.0 Å². The first kappa shape index (κ1) is 22.4. The number of nitrogens with one attached hydrogen (secondary N) is 1. The Kier molecular flexibility index (Phi) is 11.4. The highest BCUT2D eigenvalue weighted by molar-refractivity contribution is 14.0. The molecule has 0 aromatic heterocycles. The lowest BCUT2D eigenvalue weighted by atomic mass is 10.1. The van der Waals surface area contributed by atoms with Crippen LogP contribution in [0.25, 0.3) is 0 Å². The van der Waals surface area contributed by atoms with Crippen LogP contribution in [-0.4, -0.2) is 99.7 Å². The van der Waals surface area contributed by atoms with Gasteiger partial charge >= 0.3 is 0 Å². The summed E-state index contributed by atoms with van der Waals surface area (Å²) in [5.74, 6) is 0.937. The molecule has 2 heterocycles. The minimum Gasteiger partial charge on any atom is -0.379 e. The van der Waals surface area contributed by atoms with E-state index in [9.17, 15) is 4.79 Å². The topological polar surface area (TPSA) is 60.4 Å². The summed E-state index contributed by atoms with van der Waals surface area (Å²) in [5.41, 5.74) is 0. The van der Waals surface area contributed by atoms with E-state index in [-0.39, 0.29) is 36.4 Å². The number of halogens is 1. The molecule has 0 aliphatic carbocycles. The second kappa shape index (κ2) is 12.7. The minimum absolute atomic E-state index is 0. The van der Waals surface area contributed by atoms with Gasteiger partial charge in [-0.15, -0.1) is 24.0 Å². The predicted octanol–water partition coefficient (Wildman–Crippen LogP) is 0.846. The highest BCUT2D eigenvalue weighted by Gasteiger charge is 2.16. The van der Waals surface area contributed by atoms with E-state index in [0.29, 0.717) is 0 Å². The third kappa shape index (κ3) is 8.54. The van der Waals surface area contributed by atoms with Crippen LogP contribution in [0.1, 0.15) is 25.7 Å². The van der Waals surface area contributed by atoms with Crippen LogP contribution in [0.2, 0.25) is 0 Å². The van der Waals surface area contributed by atoms with Gasteiger partial charge in [0.15, 0.2) is 5.96 Å². The molecule has 25 heavy (non-hydrogen) atoms. The third-order valence-electron chi connectivity index (χ3n) is 4.56. The number of nitrogens with zero attached hydrogens (tertiary/aromatic N) is 4. The SMILES string of the molecule is CN(C)C(=O)CN=C(NCCCN1CCOCC1)N1CCCCC1.I. The number of carbonyl (C=O) groups is 1. The Morgan fingerprint density at radius 1 is 1.12 bits per heavy atom.